The fourth-order valence-corrected chi connectivity index (χ4v) is 4.26. The number of hydrogen-bond donors (Lipinski definition) is 1. The first-order chi connectivity index (χ1) is 14.2. The molecule has 2 aliphatic heterocycles. The van der Waals surface area contributed by atoms with Crippen LogP contribution in [-0.2, 0) is 4.74 Å². The van der Waals surface area contributed by atoms with E-state index in [4.69, 9.17) is 21.3 Å². The number of piperazine rings is 1. The van der Waals surface area contributed by atoms with Crippen molar-refractivity contribution in [1.82, 2.24) is 19.9 Å². The van der Waals surface area contributed by atoms with Crippen molar-refractivity contribution in [3.05, 3.63) is 39.4 Å². The predicted molar refractivity (Wildman–Crippen MR) is 117 cm³/mol. The third kappa shape index (κ3) is 4.11. The number of carbonyl (C=O) groups excluding carboxylic acids is 1. The molecule has 0 aliphatic carbocycles. The summed E-state index contributed by atoms with van der Waals surface area (Å²) in [6, 6.07) is 5.37. The Morgan fingerprint density at radius 3 is 2.60 bits per heavy atom. The molecule has 30 heavy (non-hydrogen) atoms. The summed E-state index contributed by atoms with van der Waals surface area (Å²) < 4.78 is 7.15. The molecule has 3 heterocycles. The van der Waals surface area contributed by atoms with Gasteiger partial charge in [-0.1, -0.05) is 17.7 Å². The van der Waals surface area contributed by atoms with Crippen LogP contribution in [0.2, 0.25) is 5.02 Å². The van der Waals surface area contributed by atoms with Crippen LogP contribution in [0.25, 0.3) is 10.9 Å². The lowest BCUT2D eigenvalue weighted by Crippen LogP contribution is -2.57. The smallest absolute Gasteiger partial charge is 0.410 e. The zero-order chi connectivity index (χ0) is 21.5. The number of amides is 1. The highest BCUT2D eigenvalue weighted by molar-refractivity contribution is 6.35. The average molecular weight is 434 g/mol. The lowest BCUT2D eigenvalue weighted by atomic mass is 10.2. The van der Waals surface area contributed by atoms with Gasteiger partial charge in [-0.3, -0.25) is 4.79 Å². The van der Waals surface area contributed by atoms with E-state index in [9.17, 15) is 9.59 Å². The van der Waals surface area contributed by atoms with Gasteiger partial charge in [-0.25, -0.2) is 14.5 Å². The third-order valence-corrected chi connectivity index (χ3v) is 5.73. The Hall–Kier alpha value is -2.32. The van der Waals surface area contributed by atoms with E-state index in [-0.39, 0.29) is 17.7 Å². The quantitative estimate of drug-likeness (QED) is 0.784. The molecular weight excluding hydrogens is 406 g/mol. The van der Waals surface area contributed by atoms with Crippen LogP contribution in [0, 0.1) is 0 Å². The van der Waals surface area contributed by atoms with Gasteiger partial charge in [-0.2, -0.15) is 0 Å². The molecular formula is C21H28ClN5O3. The molecule has 2 saturated heterocycles. The van der Waals surface area contributed by atoms with Gasteiger partial charge in [0.1, 0.15) is 11.4 Å². The number of rotatable bonds is 2. The van der Waals surface area contributed by atoms with E-state index in [0.717, 1.165) is 19.4 Å². The van der Waals surface area contributed by atoms with Crippen molar-refractivity contribution in [1.29, 1.82) is 0 Å². The van der Waals surface area contributed by atoms with E-state index in [1.165, 1.54) is 0 Å². The van der Waals surface area contributed by atoms with Crippen molar-refractivity contribution in [2.24, 2.45) is 0 Å². The van der Waals surface area contributed by atoms with Crippen LogP contribution in [0.4, 0.5) is 4.79 Å². The predicted octanol–water partition coefficient (Wildman–Crippen LogP) is 2.66. The lowest BCUT2D eigenvalue weighted by Gasteiger charge is -2.38. The van der Waals surface area contributed by atoms with Crippen LogP contribution in [0.1, 0.15) is 45.5 Å². The average Bonchev–Trinajstić information content (AvgIpc) is 3.21. The van der Waals surface area contributed by atoms with Gasteiger partial charge in [0.05, 0.1) is 35.1 Å². The second kappa shape index (κ2) is 8.07. The number of ether oxygens (including phenoxy) is 1. The van der Waals surface area contributed by atoms with Gasteiger partial charge in [0.2, 0.25) is 0 Å². The maximum Gasteiger partial charge on any atom is 0.410 e. The highest BCUT2D eigenvalue weighted by Gasteiger charge is 2.30. The zero-order valence-corrected chi connectivity index (χ0v) is 18.4. The van der Waals surface area contributed by atoms with Gasteiger partial charge in [0.25, 0.3) is 5.56 Å². The number of fused-ring (bicyclic) bond motifs is 1. The molecule has 1 aromatic carbocycles. The van der Waals surface area contributed by atoms with Crippen molar-refractivity contribution in [3.8, 4) is 0 Å². The van der Waals surface area contributed by atoms with Crippen molar-refractivity contribution in [2.45, 2.75) is 45.3 Å². The van der Waals surface area contributed by atoms with Crippen LogP contribution in [0.5, 0.6) is 0 Å². The molecule has 1 unspecified atom stereocenters. The number of benzene rings is 1. The maximum atomic E-state index is 13.5. The molecule has 1 amide bonds. The fraction of sp³-hybridized carbons (Fsp3) is 0.571. The Morgan fingerprint density at radius 1 is 1.23 bits per heavy atom. The molecule has 0 spiro atoms. The first kappa shape index (κ1) is 20.9. The van der Waals surface area contributed by atoms with E-state index in [1.807, 2.05) is 37.9 Å². The Balaban J connectivity index is 1.66. The molecule has 2 fully saturated rings. The van der Waals surface area contributed by atoms with Gasteiger partial charge >= 0.3 is 6.09 Å². The summed E-state index contributed by atoms with van der Waals surface area (Å²) in [4.78, 5) is 32.4. The summed E-state index contributed by atoms with van der Waals surface area (Å²) in [5, 5.41) is 6.24. The van der Waals surface area contributed by atoms with Crippen molar-refractivity contribution < 1.29 is 9.53 Å². The van der Waals surface area contributed by atoms with Gasteiger partial charge in [-0.05, 0) is 52.3 Å². The van der Waals surface area contributed by atoms with E-state index >= 15 is 0 Å². The number of halogens is 1. The topological polar surface area (TPSA) is 79.7 Å². The molecule has 1 N–H and O–H groups in total. The SMILES string of the molecule is CC(C)(C)OC(=O)N1CCN(n2c(C3CCCN3)nc3cccc(Cl)c3c2=O)CC1. The molecule has 1 aromatic heterocycles. The van der Waals surface area contributed by atoms with E-state index in [2.05, 4.69) is 5.32 Å². The van der Waals surface area contributed by atoms with Gasteiger partial charge in [0, 0.05) is 13.1 Å². The maximum absolute atomic E-state index is 13.5. The van der Waals surface area contributed by atoms with Crippen LogP contribution in [0.3, 0.4) is 0 Å². The first-order valence-corrected chi connectivity index (χ1v) is 10.8. The molecule has 2 aliphatic rings. The third-order valence-electron chi connectivity index (χ3n) is 5.41. The molecule has 8 nitrogen and oxygen atoms in total. The minimum absolute atomic E-state index is 0.0185. The van der Waals surface area contributed by atoms with Crippen LogP contribution in [-0.4, -0.2) is 59.0 Å². The fourth-order valence-electron chi connectivity index (χ4n) is 4.01. The van der Waals surface area contributed by atoms with E-state index in [0.29, 0.717) is 47.9 Å². The minimum Gasteiger partial charge on any atom is -0.444 e. The second-order valence-corrected chi connectivity index (χ2v) is 9.20. The summed E-state index contributed by atoms with van der Waals surface area (Å²) in [6.07, 6.45) is 1.64. The first-order valence-electron chi connectivity index (χ1n) is 10.4. The molecule has 4 rings (SSSR count). The van der Waals surface area contributed by atoms with E-state index in [1.54, 1.807) is 15.6 Å². The Morgan fingerprint density at radius 2 is 1.97 bits per heavy atom. The summed E-state index contributed by atoms with van der Waals surface area (Å²) in [6.45, 7) is 8.43. The number of carbonyl (C=O) groups is 1. The van der Waals surface area contributed by atoms with Crippen molar-refractivity contribution >= 4 is 28.6 Å². The molecule has 0 bridgehead atoms. The minimum atomic E-state index is -0.536. The van der Waals surface area contributed by atoms with E-state index < -0.39 is 5.60 Å². The molecule has 1 atom stereocenters. The Labute approximate surface area is 180 Å². The molecule has 0 saturated carbocycles. The number of nitrogens with zero attached hydrogens (tertiary/aromatic N) is 4. The summed E-state index contributed by atoms with van der Waals surface area (Å²) in [5.41, 5.74) is -0.0919. The van der Waals surface area contributed by atoms with Crippen LogP contribution < -0.4 is 15.9 Å². The summed E-state index contributed by atoms with van der Waals surface area (Å²) in [7, 11) is 0. The molecule has 162 valence electrons. The second-order valence-electron chi connectivity index (χ2n) is 8.79. The highest BCUT2D eigenvalue weighted by atomic mass is 35.5. The molecule has 2 aromatic rings. The lowest BCUT2D eigenvalue weighted by molar-refractivity contribution is 0.0231. The van der Waals surface area contributed by atoms with Crippen molar-refractivity contribution in [3.63, 3.8) is 0 Å². The largest absolute Gasteiger partial charge is 0.444 e. The molecule has 9 heteroatoms. The highest BCUT2D eigenvalue weighted by Crippen LogP contribution is 2.25. The van der Waals surface area contributed by atoms with Gasteiger partial charge in [-0.15, -0.1) is 0 Å². The Bertz CT molecular complexity index is 1000. The summed E-state index contributed by atoms with van der Waals surface area (Å²) >= 11 is 6.35. The van der Waals surface area contributed by atoms with Crippen molar-refractivity contribution in [2.75, 3.05) is 37.7 Å². The monoisotopic (exact) mass is 433 g/mol. The van der Waals surface area contributed by atoms with Gasteiger partial charge in [0.15, 0.2) is 0 Å². The zero-order valence-electron chi connectivity index (χ0n) is 17.7. The Kier molecular flexibility index (Phi) is 5.63. The van der Waals surface area contributed by atoms with Crippen LogP contribution in [0.15, 0.2) is 23.0 Å². The van der Waals surface area contributed by atoms with Gasteiger partial charge < -0.3 is 20.0 Å². The molecule has 0 radical (unpaired) electrons. The number of aromatic nitrogens is 2. The number of hydrogen-bond acceptors (Lipinski definition) is 6. The normalized spacial score (nSPS) is 20.1. The van der Waals surface area contributed by atoms with Crippen LogP contribution >= 0.6 is 11.6 Å². The number of nitrogens with one attached hydrogen (secondary N) is 1. The standard InChI is InChI=1S/C21H28ClN5O3/c1-21(2,3)30-20(29)25-10-12-26(13-11-25)27-18(16-8-5-9-23-16)24-15-7-4-6-14(22)17(15)19(27)28/h4,6-7,16,23H,5,8-13H2,1-3H3. The summed E-state index contributed by atoms with van der Waals surface area (Å²) in [5.74, 6) is 0.706.